The molecule has 2 aliphatic rings. The van der Waals surface area contributed by atoms with Crippen LogP contribution in [-0.2, 0) is 16.0 Å². The quantitative estimate of drug-likeness (QED) is 0.275. The van der Waals surface area contributed by atoms with E-state index in [2.05, 4.69) is 26.6 Å². The largest absolute Gasteiger partial charge is 0.387 e. The predicted molar refractivity (Wildman–Crippen MR) is 130 cm³/mol. The molecule has 1 unspecified atom stereocenters. The van der Waals surface area contributed by atoms with E-state index >= 15 is 0 Å². The van der Waals surface area contributed by atoms with Crippen molar-refractivity contribution in [3.05, 3.63) is 29.8 Å². The lowest BCUT2D eigenvalue weighted by molar-refractivity contribution is -0.117. The Morgan fingerprint density at radius 2 is 1.97 bits per heavy atom. The molecule has 2 heterocycles. The lowest BCUT2D eigenvalue weighted by Gasteiger charge is -2.34. The number of benzene rings is 1. The Morgan fingerprint density at radius 3 is 2.70 bits per heavy atom. The van der Waals surface area contributed by atoms with Crippen molar-refractivity contribution < 1.29 is 14.6 Å². The topological polar surface area (TPSA) is 89.4 Å². The average Bonchev–Trinajstić information content (AvgIpc) is 3.14. The molecule has 0 radical (unpaired) electrons. The monoisotopic (exact) mass is 531 g/mol. The summed E-state index contributed by atoms with van der Waals surface area (Å²) in [5.74, 6) is 0.516. The van der Waals surface area contributed by atoms with Crippen molar-refractivity contribution in [1.29, 1.82) is 0 Å². The van der Waals surface area contributed by atoms with Gasteiger partial charge in [-0.1, -0.05) is 18.2 Å². The Labute approximate surface area is 196 Å². The zero-order valence-corrected chi connectivity index (χ0v) is 20.2. The second-order valence-electron chi connectivity index (χ2n) is 7.86. The number of rotatable bonds is 7. The van der Waals surface area contributed by atoms with Crippen molar-refractivity contribution in [3.8, 4) is 0 Å². The van der Waals surface area contributed by atoms with Crippen molar-refractivity contribution in [3.63, 3.8) is 0 Å². The molecule has 1 saturated heterocycles. The second kappa shape index (κ2) is 11.8. The maximum absolute atomic E-state index is 12.7. The molecule has 168 valence electrons. The number of β-amino-alcohol motifs (C(OH)–C–C–N with tert-alkyl or cyclic N) is 1. The van der Waals surface area contributed by atoms with Gasteiger partial charge < -0.3 is 25.4 Å². The van der Waals surface area contributed by atoms with Gasteiger partial charge in [-0.15, -0.1) is 24.0 Å². The number of ether oxygens (including phenoxy) is 1. The van der Waals surface area contributed by atoms with E-state index in [0.29, 0.717) is 45.4 Å². The first kappa shape index (κ1) is 24.8. The second-order valence-corrected chi connectivity index (χ2v) is 7.86. The minimum atomic E-state index is -0.911. The number of nitrogens with one attached hydrogen (secondary N) is 2. The van der Waals surface area contributed by atoms with Crippen LogP contribution >= 0.6 is 24.0 Å². The number of anilines is 1. The molecule has 1 atom stereocenters. The van der Waals surface area contributed by atoms with Gasteiger partial charge in [-0.3, -0.25) is 9.69 Å². The maximum atomic E-state index is 12.7. The number of hydrogen-bond acceptors (Lipinski definition) is 5. The lowest BCUT2D eigenvalue weighted by atomic mass is 10.1. The van der Waals surface area contributed by atoms with Crippen LogP contribution in [0.15, 0.2) is 29.3 Å². The smallest absolute Gasteiger partial charge is 0.248 e. The number of morpholine rings is 1. The highest BCUT2D eigenvalue weighted by Crippen LogP contribution is 2.27. The minimum absolute atomic E-state index is 0. The molecular weight excluding hydrogens is 497 g/mol. The first-order chi connectivity index (χ1) is 14.0. The van der Waals surface area contributed by atoms with Crippen molar-refractivity contribution in [2.24, 2.45) is 4.99 Å². The summed E-state index contributed by atoms with van der Waals surface area (Å²) in [6.07, 6.45) is 0.883. The van der Waals surface area contributed by atoms with Crippen LogP contribution in [0.1, 0.15) is 19.4 Å². The Hall–Kier alpha value is -1.43. The molecule has 30 heavy (non-hydrogen) atoms. The molecule has 9 heteroatoms. The molecule has 0 aromatic heterocycles. The molecule has 2 aliphatic heterocycles. The van der Waals surface area contributed by atoms with Gasteiger partial charge in [0.05, 0.1) is 18.8 Å². The number of amides is 1. The highest BCUT2D eigenvalue weighted by atomic mass is 127. The normalized spacial score (nSPS) is 18.9. The summed E-state index contributed by atoms with van der Waals surface area (Å²) in [6.45, 7) is 9.20. The number of carbonyl (C=O) groups excluding carboxylic acids is 1. The van der Waals surface area contributed by atoms with Gasteiger partial charge in [-0.05, 0) is 31.9 Å². The molecular formula is C21H34IN5O3. The van der Waals surface area contributed by atoms with Gasteiger partial charge in [0.2, 0.25) is 5.91 Å². The molecule has 0 bridgehead atoms. The van der Waals surface area contributed by atoms with Gasteiger partial charge in [0, 0.05) is 45.0 Å². The van der Waals surface area contributed by atoms with Gasteiger partial charge in [-0.25, -0.2) is 4.99 Å². The number of aliphatic hydroxyl groups is 1. The first-order valence-corrected chi connectivity index (χ1v) is 10.4. The number of guanidine groups is 1. The molecule has 0 aliphatic carbocycles. The molecule has 1 amide bonds. The first-order valence-electron chi connectivity index (χ1n) is 10.4. The van der Waals surface area contributed by atoms with E-state index in [1.807, 2.05) is 32.0 Å². The van der Waals surface area contributed by atoms with Crippen LogP contribution in [-0.4, -0.2) is 86.5 Å². The summed E-state index contributed by atoms with van der Waals surface area (Å²) < 4.78 is 5.36. The van der Waals surface area contributed by atoms with Crippen molar-refractivity contribution >= 4 is 41.5 Å². The number of para-hydroxylation sites is 1. The predicted octanol–water partition coefficient (Wildman–Crippen LogP) is 0.832. The van der Waals surface area contributed by atoms with E-state index in [-0.39, 0.29) is 36.4 Å². The van der Waals surface area contributed by atoms with E-state index in [1.54, 1.807) is 4.90 Å². The van der Waals surface area contributed by atoms with Crippen LogP contribution in [0.2, 0.25) is 0 Å². The van der Waals surface area contributed by atoms with Crippen LogP contribution in [0.3, 0.4) is 0 Å². The third-order valence-electron chi connectivity index (χ3n) is 5.21. The van der Waals surface area contributed by atoms with Crippen LogP contribution < -0.4 is 15.5 Å². The average molecular weight is 531 g/mol. The van der Waals surface area contributed by atoms with Gasteiger partial charge >= 0.3 is 0 Å². The summed E-state index contributed by atoms with van der Waals surface area (Å²) in [6, 6.07) is 8.00. The third-order valence-corrected chi connectivity index (χ3v) is 5.21. The van der Waals surface area contributed by atoms with E-state index in [9.17, 15) is 9.90 Å². The van der Waals surface area contributed by atoms with Gasteiger partial charge in [-0.2, -0.15) is 0 Å². The number of halogens is 1. The Morgan fingerprint density at radius 1 is 1.23 bits per heavy atom. The van der Waals surface area contributed by atoms with Crippen LogP contribution in [0.25, 0.3) is 0 Å². The standard InChI is InChI=1S/C21H33N5O3.HI/c1-3-22-20(24-15-21(2,28)16-25-10-12-29-13-11-25)23-14-19(27)26-9-8-17-6-4-5-7-18(17)26;/h4-7,28H,3,8-16H2,1-2H3,(H2,22,23,24);1H. The van der Waals surface area contributed by atoms with Crippen molar-refractivity contribution in [2.45, 2.75) is 25.9 Å². The van der Waals surface area contributed by atoms with Crippen LogP contribution in [0, 0.1) is 0 Å². The maximum Gasteiger partial charge on any atom is 0.248 e. The molecule has 3 N–H and O–H groups in total. The number of aliphatic imine (C=N–C) groups is 1. The summed E-state index contributed by atoms with van der Waals surface area (Å²) >= 11 is 0. The molecule has 8 nitrogen and oxygen atoms in total. The zero-order chi connectivity index (χ0) is 20.7. The third kappa shape index (κ3) is 7.07. The lowest BCUT2D eigenvalue weighted by Crippen LogP contribution is -2.53. The molecule has 1 fully saturated rings. The zero-order valence-electron chi connectivity index (χ0n) is 17.9. The van der Waals surface area contributed by atoms with Gasteiger partial charge in [0.15, 0.2) is 5.96 Å². The molecule has 3 rings (SSSR count). The molecule has 1 aromatic carbocycles. The Balaban J connectivity index is 0.00000320. The van der Waals surface area contributed by atoms with E-state index in [4.69, 9.17) is 4.74 Å². The highest BCUT2D eigenvalue weighted by molar-refractivity contribution is 14.0. The SMILES string of the molecule is CCNC(=NCC(=O)N1CCc2ccccc21)NCC(C)(O)CN1CCOCC1.I. The number of fused-ring (bicyclic) bond motifs is 1. The van der Waals surface area contributed by atoms with E-state index in [0.717, 1.165) is 25.2 Å². The van der Waals surface area contributed by atoms with Gasteiger partial charge in [0.25, 0.3) is 0 Å². The summed E-state index contributed by atoms with van der Waals surface area (Å²) in [5, 5.41) is 17.1. The van der Waals surface area contributed by atoms with Crippen molar-refractivity contribution in [1.82, 2.24) is 15.5 Å². The van der Waals surface area contributed by atoms with Crippen LogP contribution in [0.4, 0.5) is 5.69 Å². The number of carbonyl (C=O) groups is 1. The fraction of sp³-hybridized carbons (Fsp3) is 0.619. The minimum Gasteiger partial charge on any atom is -0.387 e. The molecule has 1 aromatic rings. The fourth-order valence-corrected chi connectivity index (χ4v) is 3.74. The van der Waals surface area contributed by atoms with Gasteiger partial charge in [0.1, 0.15) is 6.54 Å². The van der Waals surface area contributed by atoms with E-state index < -0.39 is 5.60 Å². The fourth-order valence-electron chi connectivity index (χ4n) is 3.74. The summed E-state index contributed by atoms with van der Waals surface area (Å²) in [7, 11) is 0. The van der Waals surface area contributed by atoms with Crippen molar-refractivity contribution in [2.75, 3.05) is 63.9 Å². The Bertz CT molecular complexity index is 722. The number of nitrogens with zero attached hydrogens (tertiary/aromatic N) is 3. The highest BCUT2D eigenvalue weighted by Gasteiger charge is 2.26. The van der Waals surface area contributed by atoms with E-state index in [1.165, 1.54) is 5.56 Å². The van der Waals surface area contributed by atoms with Crippen LogP contribution in [0.5, 0.6) is 0 Å². The molecule has 0 spiro atoms. The Kier molecular flexibility index (Phi) is 9.79. The number of hydrogen-bond donors (Lipinski definition) is 3. The summed E-state index contributed by atoms with van der Waals surface area (Å²) in [4.78, 5) is 21.1. The summed E-state index contributed by atoms with van der Waals surface area (Å²) in [5.41, 5.74) is 1.28. The molecule has 0 saturated carbocycles.